The van der Waals surface area contributed by atoms with Gasteiger partial charge < -0.3 is 15.5 Å². The molecule has 1 unspecified atom stereocenters. The summed E-state index contributed by atoms with van der Waals surface area (Å²) < 4.78 is 0. The first-order chi connectivity index (χ1) is 15.9. The maximum absolute atomic E-state index is 13.5. The number of thioether (sulfide) groups is 1. The largest absolute Gasteiger partial charge is 0.340 e. The van der Waals surface area contributed by atoms with E-state index in [4.69, 9.17) is 4.99 Å². The molecule has 2 heterocycles. The zero-order chi connectivity index (χ0) is 23.4. The predicted molar refractivity (Wildman–Crippen MR) is 136 cm³/mol. The molecule has 7 heteroatoms. The number of rotatable bonds is 6. The van der Waals surface area contributed by atoms with Crippen LogP contribution < -0.4 is 10.6 Å². The molecule has 2 aliphatic rings. The quantitative estimate of drug-likeness (QED) is 0.600. The first kappa shape index (κ1) is 23.1. The molecule has 2 amide bonds. The fourth-order valence-electron chi connectivity index (χ4n) is 4.19. The number of nitrogens with one attached hydrogen (secondary N) is 2. The SMILES string of the molecule is CC1=C(C(=O)Nc2ccccc2)C(c2cccc(NC(=O)CC(C)C)c2)N2CCCSC2=N1. The molecule has 0 aromatic heterocycles. The Morgan fingerprint density at radius 1 is 1.09 bits per heavy atom. The maximum Gasteiger partial charge on any atom is 0.255 e. The van der Waals surface area contributed by atoms with E-state index in [0.29, 0.717) is 12.0 Å². The van der Waals surface area contributed by atoms with Crippen molar-refractivity contribution in [3.05, 3.63) is 71.4 Å². The van der Waals surface area contributed by atoms with Gasteiger partial charge in [-0.25, -0.2) is 4.99 Å². The van der Waals surface area contributed by atoms with Crippen molar-refractivity contribution < 1.29 is 9.59 Å². The minimum atomic E-state index is -0.268. The summed E-state index contributed by atoms with van der Waals surface area (Å²) in [7, 11) is 0. The zero-order valence-corrected chi connectivity index (χ0v) is 20.1. The van der Waals surface area contributed by atoms with E-state index in [1.807, 2.05) is 75.4 Å². The van der Waals surface area contributed by atoms with E-state index in [1.54, 1.807) is 11.8 Å². The van der Waals surface area contributed by atoms with Crippen LogP contribution in [0.15, 0.2) is 70.9 Å². The second-order valence-corrected chi connectivity index (χ2v) is 9.85. The normalized spacial score (nSPS) is 18.0. The summed E-state index contributed by atoms with van der Waals surface area (Å²) >= 11 is 1.73. The number of benzene rings is 2. The summed E-state index contributed by atoms with van der Waals surface area (Å²) in [6.07, 6.45) is 1.49. The third-order valence-electron chi connectivity index (χ3n) is 5.61. The Bertz CT molecular complexity index is 1090. The van der Waals surface area contributed by atoms with Gasteiger partial charge in [-0.3, -0.25) is 9.59 Å². The summed E-state index contributed by atoms with van der Waals surface area (Å²) in [5.74, 6) is 1.15. The van der Waals surface area contributed by atoms with Crippen LogP contribution in [0.5, 0.6) is 0 Å². The molecule has 2 aliphatic heterocycles. The van der Waals surface area contributed by atoms with Crippen molar-refractivity contribution in [1.29, 1.82) is 0 Å². The number of carbonyl (C=O) groups excluding carboxylic acids is 2. The van der Waals surface area contributed by atoms with Crippen molar-refractivity contribution in [1.82, 2.24) is 4.90 Å². The molecule has 6 nitrogen and oxygen atoms in total. The number of aliphatic imine (C=N–C) groups is 1. The van der Waals surface area contributed by atoms with Gasteiger partial charge in [-0.2, -0.15) is 0 Å². The molecule has 4 rings (SSSR count). The lowest BCUT2D eigenvalue weighted by atomic mass is 9.93. The Labute approximate surface area is 199 Å². The Hall–Kier alpha value is -3.06. The molecular formula is C26H30N4O2S. The average Bonchev–Trinajstić information content (AvgIpc) is 2.78. The topological polar surface area (TPSA) is 73.8 Å². The lowest BCUT2D eigenvalue weighted by molar-refractivity contribution is -0.117. The van der Waals surface area contributed by atoms with Gasteiger partial charge in [0.25, 0.3) is 5.91 Å². The highest BCUT2D eigenvalue weighted by molar-refractivity contribution is 8.13. The second kappa shape index (κ2) is 10.3. The van der Waals surface area contributed by atoms with E-state index >= 15 is 0 Å². The van der Waals surface area contributed by atoms with Gasteiger partial charge >= 0.3 is 0 Å². The van der Waals surface area contributed by atoms with Crippen molar-refractivity contribution in [3.63, 3.8) is 0 Å². The molecule has 172 valence electrons. The molecule has 2 aromatic carbocycles. The molecule has 2 aromatic rings. The number of allylic oxidation sites excluding steroid dienone is 1. The maximum atomic E-state index is 13.5. The van der Waals surface area contributed by atoms with Gasteiger partial charge in [-0.1, -0.05) is 55.9 Å². The number of nitrogens with zero attached hydrogens (tertiary/aromatic N) is 2. The van der Waals surface area contributed by atoms with E-state index < -0.39 is 0 Å². The van der Waals surface area contributed by atoms with Crippen LogP contribution in [0, 0.1) is 5.92 Å². The number of hydrogen-bond acceptors (Lipinski definition) is 5. The second-order valence-electron chi connectivity index (χ2n) is 8.78. The number of fused-ring (bicyclic) bond motifs is 1. The Balaban J connectivity index is 1.69. The van der Waals surface area contributed by atoms with Gasteiger partial charge in [0.15, 0.2) is 5.17 Å². The highest BCUT2D eigenvalue weighted by Gasteiger charge is 2.37. The molecule has 0 spiro atoms. The van der Waals surface area contributed by atoms with Gasteiger partial charge in [0.1, 0.15) is 0 Å². The highest BCUT2D eigenvalue weighted by atomic mass is 32.2. The van der Waals surface area contributed by atoms with Crippen LogP contribution in [0.1, 0.15) is 45.2 Å². The lowest BCUT2D eigenvalue weighted by Gasteiger charge is -2.41. The van der Waals surface area contributed by atoms with Gasteiger partial charge in [0.05, 0.1) is 17.3 Å². The molecule has 1 atom stereocenters. The minimum Gasteiger partial charge on any atom is -0.340 e. The third kappa shape index (κ3) is 5.47. The molecule has 1 fully saturated rings. The summed E-state index contributed by atoms with van der Waals surface area (Å²) in [5.41, 5.74) is 3.82. The third-order valence-corrected chi connectivity index (χ3v) is 6.69. The van der Waals surface area contributed by atoms with E-state index in [1.165, 1.54) is 0 Å². The average molecular weight is 463 g/mol. The van der Waals surface area contributed by atoms with Crippen LogP contribution in [0.25, 0.3) is 0 Å². The Morgan fingerprint density at radius 2 is 1.85 bits per heavy atom. The van der Waals surface area contributed by atoms with Crippen LogP contribution in [-0.2, 0) is 9.59 Å². The predicted octanol–water partition coefficient (Wildman–Crippen LogP) is 5.43. The van der Waals surface area contributed by atoms with Gasteiger partial charge in [-0.05, 0) is 49.1 Å². The van der Waals surface area contributed by atoms with Crippen LogP contribution >= 0.6 is 11.8 Å². The van der Waals surface area contributed by atoms with E-state index in [0.717, 1.165) is 46.5 Å². The summed E-state index contributed by atoms with van der Waals surface area (Å²) in [6, 6.07) is 17.0. The zero-order valence-electron chi connectivity index (χ0n) is 19.3. The monoisotopic (exact) mass is 462 g/mol. The molecular weight excluding hydrogens is 432 g/mol. The fourth-order valence-corrected chi connectivity index (χ4v) is 5.21. The van der Waals surface area contributed by atoms with E-state index in [2.05, 4.69) is 15.5 Å². The number of para-hydroxylation sites is 1. The number of amides is 2. The first-order valence-corrected chi connectivity index (χ1v) is 12.4. The molecule has 0 radical (unpaired) electrons. The van der Waals surface area contributed by atoms with Gasteiger partial charge in [0, 0.05) is 30.1 Å². The highest BCUT2D eigenvalue weighted by Crippen LogP contribution is 2.40. The Morgan fingerprint density at radius 3 is 2.61 bits per heavy atom. The van der Waals surface area contributed by atoms with Crippen molar-refractivity contribution in [2.24, 2.45) is 10.9 Å². The van der Waals surface area contributed by atoms with Crippen LogP contribution in [0.4, 0.5) is 11.4 Å². The Kier molecular flexibility index (Phi) is 7.18. The smallest absolute Gasteiger partial charge is 0.255 e. The molecule has 2 N–H and O–H groups in total. The lowest BCUT2D eigenvalue weighted by Crippen LogP contribution is -2.43. The number of hydrogen-bond donors (Lipinski definition) is 2. The summed E-state index contributed by atoms with van der Waals surface area (Å²) in [6.45, 7) is 6.78. The first-order valence-electron chi connectivity index (χ1n) is 11.4. The van der Waals surface area contributed by atoms with Crippen LogP contribution in [0.2, 0.25) is 0 Å². The van der Waals surface area contributed by atoms with E-state index in [-0.39, 0.29) is 23.8 Å². The van der Waals surface area contributed by atoms with Crippen molar-refractivity contribution in [2.75, 3.05) is 22.9 Å². The van der Waals surface area contributed by atoms with Gasteiger partial charge in [-0.15, -0.1) is 0 Å². The number of carbonyl (C=O) groups is 2. The molecule has 0 aliphatic carbocycles. The molecule has 33 heavy (non-hydrogen) atoms. The molecule has 0 bridgehead atoms. The number of amidine groups is 1. The minimum absolute atomic E-state index is 0.00431. The summed E-state index contributed by atoms with van der Waals surface area (Å²) in [5, 5.41) is 7.00. The molecule has 0 saturated carbocycles. The summed E-state index contributed by atoms with van der Waals surface area (Å²) in [4.78, 5) is 32.8. The van der Waals surface area contributed by atoms with Crippen molar-refractivity contribution in [2.45, 2.75) is 39.7 Å². The van der Waals surface area contributed by atoms with Crippen molar-refractivity contribution in [3.8, 4) is 0 Å². The fraction of sp³-hybridized carbons (Fsp3) is 0.346. The van der Waals surface area contributed by atoms with Crippen LogP contribution in [0.3, 0.4) is 0 Å². The van der Waals surface area contributed by atoms with E-state index in [9.17, 15) is 9.59 Å². The van der Waals surface area contributed by atoms with Crippen LogP contribution in [-0.4, -0.2) is 34.2 Å². The van der Waals surface area contributed by atoms with Gasteiger partial charge in [0.2, 0.25) is 5.91 Å². The standard InChI is InChI=1S/C26H30N4O2S/c1-17(2)15-22(31)28-21-12-7-9-19(16-21)24-23(25(32)29-20-10-5-4-6-11-20)18(3)27-26-30(24)13-8-14-33-26/h4-7,9-12,16-17,24H,8,13-15H2,1-3H3,(H,28,31)(H,29,32). The molecule has 1 saturated heterocycles. The number of anilines is 2. The van der Waals surface area contributed by atoms with Crippen molar-refractivity contribution >= 4 is 40.1 Å².